The molecule has 0 aliphatic carbocycles. The molecule has 0 aliphatic heterocycles. The summed E-state index contributed by atoms with van der Waals surface area (Å²) >= 11 is 0. The molecule has 0 rings (SSSR count). The van der Waals surface area contributed by atoms with Gasteiger partial charge < -0.3 is 0 Å². The van der Waals surface area contributed by atoms with E-state index in [0.29, 0.717) is 0 Å². The Bertz CT molecular complexity index is 129. The molecule has 0 fully saturated rings. The maximum atomic E-state index is 2.45. The van der Waals surface area contributed by atoms with Crippen LogP contribution in [0.5, 0.6) is 0 Å². The largest absolute Gasteiger partial charge is 0.0654 e. The predicted octanol–water partition coefficient (Wildman–Crippen LogP) is 6.06. The SMILES string of the molecule is CCCCCCCC(C(C)CC)C(C)CC. The zero-order chi connectivity index (χ0) is 12.4. The lowest BCUT2D eigenvalue weighted by molar-refractivity contribution is 0.221. The average molecular weight is 226 g/mol. The molecular weight excluding hydrogens is 192 g/mol. The van der Waals surface area contributed by atoms with Gasteiger partial charge in [-0.15, -0.1) is 0 Å². The molecular formula is C16H34. The Morgan fingerprint density at radius 1 is 0.688 bits per heavy atom. The smallest absolute Gasteiger partial charge is 0.0363 e. The zero-order valence-corrected chi connectivity index (χ0v) is 12.4. The lowest BCUT2D eigenvalue weighted by Crippen LogP contribution is -2.19. The van der Waals surface area contributed by atoms with Gasteiger partial charge in [-0.25, -0.2) is 0 Å². The van der Waals surface area contributed by atoms with E-state index in [2.05, 4.69) is 34.6 Å². The molecule has 0 aromatic carbocycles. The fourth-order valence-electron chi connectivity index (χ4n) is 2.72. The van der Waals surface area contributed by atoms with Crippen LogP contribution >= 0.6 is 0 Å². The van der Waals surface area contributed by atoms with Gasteiger partial charge in [0.2, 0.25) is 0 Å². The van der Waals surface area contributed by atoms with Gasteiger partial charge in [-0.1, -0.05) is 79.6 Å². The number of hydrogen-bond donors (Lipinski definition) is 0. The van der Waals surface area contributed by atoms with Gasteiger partial charge in [-0.05, 0) is 24.2 Å². The molecule has 0 nitrogen and oxygen atoms in total. The van der Waals surface area contributed by atoms with Crippen molar-refractivity contribution >= 4 is 0 Å². The van der Waals surface area contributed by atoms with Crippen molar-refractivity contribution < 1.29 is 0 Å². The van der Waals surface area contributed by atoms with Gasteiger partial charge in [0.25, 0.3) is 0 Å². The summed E-state index contributed by atoms with van der Waals surface area (Å²) in [4.78, 5) is 0. The molecule has 0 amide bonds. The first-order valence-corrected chi connectivity index (χ1v) is 7.67. The Kier molecular flexibility index (Phi) is 10.2. The molecule has 16 heavy (non-hydrogen) atoms. The Balaban J connectivity index is 3.83. The Morgan fingerprint density at radius 2 is 1.19 bits per heavy atom. The predicted molar refractivity (Wildman–Crippen MR) is 75.8 cm³/mol. The molecule has 2 atom stereocenters. The molecule has 0 saturated heterocycles. The maximum absolute atomic E-state index is 2.45. The third-order valence-corrected chi connectivity index (χ3v) is 4.39. The third-order valence-electron chi connectivity index (χ3n) is 4.39. The van der Waals surface area contributed by atoms with Crippen LogP contribution in [0.15, 0.2) is 0 Å². The van der Waals surface area contributed by atoms with E-state index in [-0.39, 0.29) is 0 Å². The minimum Gasteiger partial charge on any atom is -0.0654 e. The quantitative estimate of drug-likeness (QED) is 0.397. The van der Waals surface area contributed by atoms with E-state index in [1.54, 1.807) is 0 Å². The Hall–Kier alpha value is 0. The van der Waals surface area contributed by atoms with Gasteiger partial charge >= 0.3 is 0 Å². The summed E-state index contributed by atoms with van der Waals surface area (Å²) in [5.41, 5.74) is 0. The lowest BCUT2D eigenvalue weighted by Gasteiger charge is -2.28. The van der Waals surface area contributed by atoms with Crippen LogP contribution in [0.3, 0.4) is 0 Å². The van der Waals surface area contributed by atoms with Crippen molar-refractivity contribution in [1.29, 1.82) is 0 Å². The molecule has 0 bridgehead atoms. The van der Waals surface area contributed by atoms with Crippen LogP contribution in [0.1, 0.15) is 86.0 Å². The second-order valence-electron chi connectivity index (χ2n) is 5.64. The molecule has 0 N–H and O–H groups in total. The molecule has 0 heteroatoms. The van der Waals surface area contributed by atoms with Gasteiger partial charge in [-0.2, -0.15) is 0 Å². The minimum atomic E-state index is 0.918. The molecule has 0 spiro atoms. The van der Waals surface area contributed by atoms with Gasteiger partial charge in [0.1, 0.15) is 0 Å². The number of hydrogen-bond acceptors (Lipinski definition) is 0. The fourth-order valence-corrected chi connectivity index (χ4v) is 2.72. The number of unbranched alkanes of at least 4 members (excludes halogenated alkanes) is 4. The number of rotatable bonds is 10. The summed E-state index contributed by atoms with van der Waals surface area (Å²) in [6.45, 7) is 11.9. The van der Waals surface area contributed by atoms with Crippen molar-refractivity contribution in [3.63, 3.8) is 0 Å². The van der Waals surface area contributed by atoms with Gasteiger partial charge in [0, 0.05) is 0 Å². The summed E-state index contributed by atoms with van der Waals surface area (Å²) in [7, 11) is 0. The van der Waals surface area contributed by atoms with Crippen molar-refractivity contribution in [3.8, 4) is 0 Å². The first-order chi connectivity index (χ1) is 7.67. The van der Waals surface area contributed by atoms with E-state index < -0.39 is 0 Å². The van der Waals surface area contributed by atoms with Crippen molar-refractivity contribution in [2.24, 2.45) is 17.8 Å². The van der Waals surface area contributed by atoms with Crippen LogP contribution in [0.2, 0.25) is 0 Å². The molecule has 2 unspecified atom stereocenters. The molecule has 0 heterocycles. The van der Waals surface area contributed by atoms with E-state index in [4.69, 9.17) is 0 Å². The topological polar surface area (TPSA) is 0 Å². The molecule has 0 saturated carbocycles. The molecule has 0 aromatic rings. The molecule has 98 valence electrons. The standard InChI is InChI=1S/C16H34/c1-6-9-10-11-12-13-16(14(4)7-2)15(5)8-3/h14-16H,6-13H2,1-5H3. The molecule has 0 radical (unpaired) electrons. The Morgan fingerprint density at radius 3 is 1.62 bits per heavy atom. The maximum Gasteiger partial charge on any atom is -0.0363 e. The highest BCUT2D eigenvalue weighted by Gasteiger charge is 2.20. The lowest BCUT2D eigenvalue weighted by atomic mass is 9.77. The summed E-state index contributed by atoms with van der Waals surface area (Å²) in [5, 5.41) is 0. The second-order valence-corrected chi connectivity index (χ2v) is 5.64. The van der Waals surface area contributed by atoms with Gasteiger partial charge in [-0.3, -0.25) is 0 Å². The van der Waals surface area contributed by atoms with E-state index >= 15 is 0 Å². The first kappa shape index (κ1) is 16.0. The van der Waals surface area contributed by atoms with E-state index in [1.807, 2.05) is 0 Å². The van der Waals surface area contributed by atoms with Crippen molar-refractivity contribution in [1.82, 2.24) is 0 Å². The van der Waals surface area contributed by atoms with Crippen molar-refractivity contribution in [2.75, 3.05) is 0 Å². The van der Waals surface area contributed by atoms with Crippen LogP contribution in [-0.2, 0) is 0 Å². The second kappa shape index (κ2) is 10.2. The van der Waals surface area contributed by atoms with E-state index in [9.17, 15) is 0 Å². The monoisotopic (exact) mass is 226 g/mol. The van der Waals surface area contributed by atoms with Gasteiger partial charge in [0.05, 0.1) is 0 Å². The van der Waals surface area contributed by atoms with Crippen molar-refractivity contribution in [2.45, 2.75) is 86.0 Å². The summed E-state index contributed by atoms with van der Waals surface area (Å²) in [6.07, 6.45) is 11.3. The normalized spacial score (nSPS) is 17.1. The van der Waals surface area contributed by atoms with E-state index in [1.165, 1.54) is 51.4 Å². The van der Waals surface area contributed by atoms with Crippen LogP contribution in [0, 0.1) is 17.8 Å². The summed E-state index contributed by atoms with van der Waals surface area (Å²) in [5.74, 6) is 2.80. The highest BCUT2D eigenvalue weighted by Crippen LogP contribution is 2.30. The summed E-state index contributed by atoms with van der Waals surface area (Å²) < 4.78 is 0. The summed E-state index contributed by atoms with van der Waals surface area (Å²) in [6, 6.07) is 0. The molecule has 0 aliphatic rings. The highest BCUT2D eigenvalue weighted by atomic mass is 14.3. The highest BCUT2D eigenvalue weighted by molar-refractivity contribution is 4.71. The van der Waals surface area contributed by atoms with E-state index in [0.717, 1.165) is 17.8 Å². The first-order valence-electron chi connectivity index (χ1n) is 7.67. The van der Waals surface area contributed by atoms with Crippen LogP contribution in [0.4, 0.5) is 0 Å². The van der Waals surface area contributed by atoms with Crippen LogP contribution in [-0.4, -0.2) is 0 Å². The van der Waals surface area contributed by atoms with Crippen molar-refractivity contribution in [3.05, 3.63) is 0 Å². The van der Waals surface area contributed by atoms with Crippen LogP contribution < -0.4 is 0 Å². The third kappa shape index (κ3) is 6.55. The average Bonchev–Trinajstić information content (AvgIpc) is 2.32. The minimum absolute atomic E-state index is 0.918. The Labute approximate surface area is 104 Å². The molecule has 0 aromatic heterocycles. The zero-order valence-electron chi connectivity index (χ0n) is 12.4. The van der Waals surface area contributed by atoms with Crippen LogP contribution in [0.25, 0.3) is 0 Å². The van der Waals surface area contributed by atoms with Gasteiger partial charge in [0.15, 0.2) is 0 Å². The fraction of sp³-hybridized carbons (Fsp3) is 1.00.